The van der Waals surface area contributed by atoms with Gasteiger partial charge in [-0.3, -0.25) is 0 Å². The van der Waals surface area contributed by atoms with Crippen molar-refractivity contribution in [3.8, 4) is 0 Å². The van der Waals surface area contributed by atoms with Crippen molar-refractivity contribution in [2.24, 2.45) is 5.92 Å². The summed E-state index contributed by atoms with van der Waals surface area (Å²) < 4.78 is 1.22. The zero-order valence-corrected chi connectivity index (χ0v) is 12.4. The summed E-state index contributed by atoms with van der Waals surface area (Å²) in [7, 11) is 0. The maximum absolute atomic E-state index is 3.68. The molecule has 1 saturated carbocycles. The molecule has 0 bridgehead atoms. The summed E-state index contributed by atoms with van der Waals surface area (Å²) in [6.07, 6.45) is 5.45. The number of aryl methyl sites for hydroxylation is 1. The minimum atomic E-state index is 0.728. The van der Waals surface area contributed by atoms with Crippen LogP contribution in [0.15, 0.2) is 22.7 Å². The van der Waals surface area contributed by atoms with Gasteiger partial charge in [-0.15, -0.1) is 0 Å². The second kappa shape index (κ2) is 6.01. The normalized spacial score (nSPS) is 24.9. The molecule has 1 aliphatic rings. The zero-order chi connectivity index (χ0) is 12.3. The molecule has 0 atom stereocenters. The fourth-order valence-corrected chi connectivity index (χ4v) is 2.90. The standard InChI is InChI=1S/C15H22BrN/c1-11-3-7-14(8-4-11)17-10-13-6-5-12(2)15(16)9-13/h5-6,9,11,14,17H,3-4,7-8,10H2,1-2H3. The molecular weight excluding hydrogens is 274 g/mol. The quantitative estimate of drug-likeness (QED) is 0.870. The predicted molar refractivity (Wildman–Crippen MR) is 77.1 cm³/mol. The molecule has 2 rings (SSSR count). The Hall–Kier alpha value is -0.340. The van der Waals surface area contributed by atoms with E-state index < -0.39 is 0 Å². The summed E-state index contributed by atoms with van der Waals surface area (Å²) in [4.78, 5) is 0. The first-order valence-corrected chi connectivity index (χ1v) is 7.43. The van der Waals surface area contributed by atoms with Crippen molar-refractivity contribution in [1.29, 1.82) is 0 Å². The Balaban J connectivity index is 1.83. The van der Waals surface area contributed by atoms with E-state index in [1.54, 1.807) is 0 Å². The first-order valence-electron chi connectivity index (χ1n) is 6.63. The van der Waals surface area contributed by atoms with Gasteiger partial charge in [0.2, 0.25) is 0 Å². The lowest BCUT2D eigenvalue weighted by atomic mass is 9.87. The van der Waals surface area contributed by atoms with E-state index in [-0.39, 0.29) is 0 Å². The van der Waals surface area contributed by atoms with Crippen LogP contribution in [0.3, 0.4) is 0 Å². The first-order chi connectivity index (χ1) is 8.15. The Bertz CT molecular complexity index is 367. The van der Waals surface area contributed by atoms with Crippen LogP contribution in [-0.2, 0) is 6.54 Å². The van der Waals surface area contributed by atoms with Gasteiger partial charge in [0.05, 0.1) is 0 Å². The Morgan fingerprint density at radius 3 is 2.59 bits per heavy atom. The van der Waals surface area contributed by atoms with Crippen LogP contribution >= 0.6 is 15.9 Å². The highest BCUT2D eigenvalue weighted by molar-refractivity contribution is 9.10. The highest BCUT2D eigenvalue weighted by Gasteiger charge is 2.17. The van der Waals surface area contributed by atoms with Gasteiger partial charge < -0.3 is 5.32 Å². The second-order valence-corrected chi connectivity index (χ2v) is 6.28. The average Bonchev–Trinajstić information content (AvgIpc) is 2.33. The summed E-state index contributed by atoms with van der Waals surface area (Å²) in [5, 5.41) is 3.68. The van der Waals surface area contributed by atoms with Gasteiger partial charge in [-0.25, -0.2) is 0 Å². The minimum Gasteiger partial charge on any atom is -0.310 e. The lowest BCUT2D eigenvalue weighted by Gasteiger charge is -2.27. The average molecular weight is 296 g/mol. The smallest absolute Gasteiger partial charge is 0.0208 e. The monoisotopic (exact) mass is 295 g/mol. The minimum absolute atomic E-state index is 0.728. The number of hydrogen-bond donors (Lipinski definition) is 1. The molecule has 0 aliphatic heterocycles. The van der Waals surface area contributed by atoms with E-state index in [9.17, 15) is 0 Å². The molecule has 0 unspecified atom stereocenters. The molecule has 0 heterocycles. The van der Waals surface area contributed by atoms with Crippen LogP contribution in [0.5, 0.6) is 0 Å². The third-order valence-corrected chi connectivity index (χ3v) is 4.70. The van der Waals surface area contributed by atoms with E-state index in [4.69, 9.17) is 0 Å². The van der Waals surface area contributed by atoms with Gasteiger partial charge in [-0.1, -0.05) is 35.0 Å². The van der Waals surface area contributed by atoms with E-state index in [2.05, 4.69) is 53.3 Å². The lowest BCUT2D eigenvalue weighted by molar-refractivity contribution is 0.306. The zero-order valence-electron chi connectivity index (χ0n) is 10.8. The molecule has 1 nitrogen and oxygen atoms in total. The second-order valence-electron chi connectivity index (χ2n) is 5.42. The summed E-state index contributed by atoms with van der Waals surface area (Å²) in [5.41, 5.74) is 2.68. The Morgan fingerprint density at radius 1 is 1.24 bits per heavy atom. The number of rotatable bonds is 3. The molecule has 0 saturated heterocycles. The van der Waals surface area contributed by atoms with E-state index in [0.29, 0.717) is 0 Å². The fourth-order valence-electron chi connectivity index (χ4n) is 2.47. The molecule has 1 fully saturated rings. The van der Waals surface area contributed by atoms with Crippen LogP contribution in [0.25, 0.3) is 0 Å². The van der Waals surface area contributed by atoms with Gasteiger partial charge in [0, 0.05) is 17.1 Å². The van der Waals surface area contributed by atoms with E-state index in [0.717, 1.165) is 18.5 Å². The Morgan fingerprint density at radius 2 is 1.94 bits per heavy atom. The maximum atomic E-state index is 3.68. The van der Waals surface area contributed by atoms with E-state index >= 15 is 0 Å². The summed E-state index contributed by atoms with van der Waals surface area (Å²) in [5.74, 6) is 0.932. The van der Waals surface area contributed by atoms with Gasteiger partial charge in [0.15, 0.2) is 0 Å². The number of halogens is 1. The topological polar surface area (TPSA) is 12.0 Å². The van der Waals surface area contributed by atoms with Crippen LogP contribution in [0, 0.1) is 12.8 Å². The molecule has 1 aromatic rings. The number of nitrogens with one attached hydrogen (secondary N) is 1. The van der Waals surface area contributed by atoms with Gasteiger partial charge in [-0.05, 0) is 55.7 Å². The van der Waals surface area contributed by atoms with Gasteiger partial charge in [0.25, 0.3) is 0 Å². The van der Waals surface area contributed by atoms with Gasteiger partial charge in [0.1, 0.15) is 0 Å². The highest BCUT2D eigenvalue weighted by atomic mass is 79.9. The van der Waals surface area contributed by atoms with Crippen LogP contribution in [0.4, 0.5) is 0 Å². The van der Waals surface area contributed by atoms with E-state index in [1.807, 2.05) is 0 Å². The fraction of sp³-hybridized carbons (Fsp3) is 0.600. The predicted octanol–water partition coefficient (Wildman–Crippen LogP) is 4.43. The summed E-state index contributed by atoms with van der Waals surface area (Å²) in [6.45, 7) is 5.50. The van der Waals surface area contributed by atoms with Crippen molar-refractivity contribution in [2.75, 3.05) is 0 Å². The van der Waals surface area contributed by atoms with Crippen molar-refractivity contribution in [2.45, 2.75) is 52.1 Å². The Kier molecular flexibility index (Phi) is 4.63. The summed E-state index contributed by atoms with van der Waals surface area (Å²) >= 11 is 3.59. The van der Waals surface area contributed by atoms with E-state index in [1.165, 1.54) is 41.3 Å². The van der Waals surface area contributed by atoms with Crippen molar-refractivity contribution < 1.29 is 0 Å². The molecule has 0 amide bonds. The molecule has 1 aliphatic carbocycles. The first kappa shape index (κ1) is 13.1. The largest absolute Gasteiger partial charge is 0.310 e. The SMILES string of the molecule is Cc1ccc(CNC2CCC(C)CC2)cc1Br. The van der Waals surface area contributed by atoms with Crippen LogP contribution in [-0.4, -0.2) is 6.04 Å². The molecular formula is C15H22BrN. The summed E-state index contributed by atoms with van der Waals surface area (Å²) in [6, 6.07) is 7.36. The van der Waals surface area contributed by atoms with Crippen LogP contribution in [0.2, 0.25) is 0 Å². The van der Waals surface area contributed by atoms with Crippen molar-refractivity contribution >= 4 is 15.9 Å². The van der Waals surface area contributed by atoms with Crippen LogP contribution < -0.4 is 5.32 Å². The Labute approximate surface area is 113 Å². The highest BCUT2D eigenvalue weighted by Crippen LogP contribution is 2.24. The van der Waals surface area contributed by atoms with Gasteiger partial charge >= 0.3 is 0 Å². The van der Waals surface area contributed by atoms with Crippen molar-refractivity contribution in [3.05, 3.63) is 33.8 Å². The van der Waals surface area contributed by atoms with Crippen LogP contribution in [0.1, 0.15) is 43.7 Å². The maximum Gasteiger partial charge on any atom is 0.0208 e. The molecule has 1 N–H and O–H groups in total. The van der Waals surface area contributed by atoms with Gasteiger partial charge in [-0.2, -0.15) is 0 Å². The number of benzene rings is 1. The van der Waals surface area contributed by atoms with Crippen molar-refractivity contribution in [1.82, 2.24) is 5.32 Å². The van der Waals surface area contributed by atoms with Crippen molar-refractivity contribution in [3.63, 3.8) is 0 Å². The number of hydrogen-bond acceptors (Lipinski definition) is 1. The lowest BCUT2D eigenvalue weighted by Crippen LogP contribution is -2.32. The molecule has 17 heavy (non-hydrogen) atoms. The third kappa shape index (κ3) is 3.82. The molecule has 2 heteroatoms. The molecule has 0 aromatic heterocycles. The molecule has 1 aromatic carbocycles. The molecule has 0 spiro atoms. The third-order valence-electron chi connectivity index (χ3n) is 3.85. The molecule has 94 valence electrons. The molecule has 0 radical (unpaired) electrons.